The molecule has 0 bridgehead atoms. The highest BCUT2D eigenvalue weighted by Gasteiger charge is 2.17. The Morgan fingerprint density at radius 3 is 2.57 bits per heavy atom. The van der Waals surface area contributed by atoms with Crippen molar-refractivity contribution in [3.63, 3.8) is 0 Å². The molecule has 178 valence electrons. The summed E-state index contributed by atoms with van der Waals surface area (Å²) < 4.78 is 10.7. The number of carbonyl (C=O) groups excluding carboxylic acids is 2. The molecule has 3 N–H and O–H groups in total. The lowest BCUT2D eigenvalue weighted by molar-refractivity contribution is -0.117. The zero-order chi connectivity index (χ0) is 24.9. The first-order valence-corrected chi connectivity index (χ1v) is 11.0. The number of hydrazone groups is 1. The van der Waals surface area contributed by atoms with E-state index >= 15 is 0 Å². The van der Waals surface area contributed by atoms with Crippen LogP contribution in [0.3, 0.4) is 0 Å². The number of phenolic OH excluding ortho intramolecular Hbond substituents is 1. The van der Waals surface area contributed by atoms with Crippen LogP contribution in [0.15, 0.2) is 71.5 Å². The lowest BCUT2D eigenvalue weighted by Gasteiger charge is -2.11. The van der Waals surface area contributed by atoms with Gasteiger partial charge in [-0.2, -0.15) is 5.10 Å². The summed E-state index contributed by atoms with van der Waals surface area (Å²) in [4.78, 5) is 25.8. The number of halogens is 1. The third-order valence-electron chi connectivity index (χ3n) is 5.23. The SMILES string of the molecule is C/C(=N\NC(=O)/C(=C/c1ccc2c(c1)OCO2)NC(=O)c1ccccc1)c1cc(Cl)c(C)cc1O. The minimum absolute atomic E-state index is 0.0177. The first-order valence-electron chi connectivity index (χ1n) is 10.6. The van der Waals surface area contributed by atoms with E-state index in [9.17, 15) is 14.7 Å². The van der Waals surface area contributed by atoms with Crippen LogP contribution < -0.4 is 20.2 Å². The minimum atomic E-state index is -0.663. The Morgan fingerprint density at radius 2 is 1.80 bits per heavy atom. The topological polar surface area (TPSA) is 109 Å². The van der Waals surface area contributed by atoms with E-state index in [2.05, 4.69) is 15.8 Å². The normalized spacial score (nSPS) is 12.9. The number of ether oxygens (including phenoxy) is 2. The van der Waals surface area contributed by atoms with Gasteiger partial charge in [-0.3, -0.25) is 9.59 Å². The van der Waals surface area contributed by atoms with Gasteiger partial charge in [0, 0.05) is 16.1 Å². The van der Waals surface area contributed by atoms with Crippen molar-refractivity contribution in [2.75, 3.05) is 6.79 Å². The molecule has 0 radical (unpaired) electrons. The molecule has 9 heteroatoms. The third-order valence-corrected chi connectivity index (χ3v) is 5.64. The summed E-state index contributed by atoms with van der Waals surface area (Å²) in [6.07, 6.45) is 1.50. The first kappa shape index (κ1) is 23.8. The highest BCUT2D eigenvalue weighted by atomic mass is 35.5. The summed E-state index contributed by atoms with van der Waals surface area (Å²) >= 11 is 6.16. The van der Waals surface area contributed by atoms with Crippen LogP contribution in [0.2, 0.25) is 5.02 Å². The van der Waals surface area contributed by atoms with E-state index in [0.29, 0.717) is 44.5 Å². The smallest absolute Gasteiger partial charge is 0.287 e. The number of phenols is 1. The van der Waals surface area contributed by atoms with Gasteiger partial charge in [0.1, 0.15) is 11.4 Å². The van der Waals surface area contributed by atoms with Crippen molar-refractivity contribution in [2.24, 2.45) is 5.10 Å². The molecule has 8 nitrogen and oxygen atoms in total. The number of nitrogens with zero attached hydrogens (tertiary/aromatic N) is 1. The van der Waals surface area contributed by atoms with Gasteiger partial charge in [0.05, 0.1) is 5.71 Å². The zero-order valence-corrected chi connectivity index (χ0v) is 19.7. The standard InChI is InChI=1S/C26H22ClN3O5/c1-15-10-22(31)19(13-20(15)27)16(2)29-30-26(33)21(28-25(32)18-6-4-3-5-7-18)11-17-8-9-23-24(12-17)35-14-34-23/h3-13,31H,14H2,1-2H3,(H,28,32)(H,30,33)/b21-11-,29-16+. The molecular weight excluding hydrogens is 470 g/mol. The summed E-state index contributed by atoms with van der Waals surface area (Å²) in [5.41, 5.74) is 4.79. The van der Waals surface area contributed by atoms with Crippen LogP contribution in [0.1, 0.15) is 34.0 Å². The van der Waals surface area contributed by atoms with E-state index in [-0.39, 0.29) is 18.2 Å². The lowest BCUT2D eigenvalue weighted by Crippen LogP contribution is -2.33. The first-order chi connectivity index (χ1) is 16.8. The number of amides is 2. The van der Waals surface area contributed by atoms with Gasteiger partial charge >= 0.3 is 0 Å². The quantitative estimate of drug-likeness (QED) is 0.269. The summed E-state index contributed by atoms with van der Waals surface area (Å²) in [5.74, 6) is -0.0111. The molecule has 3 aromatic rings. The number of fused-ring (bicyclic) bond motifs is 1. The summed E-state index contributed by atoms with van der Waals surface area (Å²) in [5, 5.41) is 17.4. The number of aryl methyl sites for hydroxylation is 1. The Bertz CT molecular complexity index is 1350. The van der Waals surface area contributed by atoms with Crippen LogP contribution in [0.25, 0.3) is 6.08 Å². The maximum Gasteiger partial charge on any atom is 0.287 e. The second kappa shape index (κ2) is 10.3. The number of hydrogen-bond donors (Lipinski definition) is 3. The highest BCUT2D eigenvalue weighted by Crippen LogP contribution is 2.33. The maximum atomic E-state index is 13.0. The largest absolute Gasteiger partial charge is 0.507 e. The van der Waals surface area contributed by atoms with E-state index in [1.54, 1.807) is 68.4 Å². The Kier molecular flexibility index (Phi) is 7.03. The molecule has 3 aromatic carbocycles. The number of benzene rings is 3. The second-order valence-corrected chi connectivity index (χ2v) is 8.15. The molecule has 0 fully saturated rings. The maximum absolute atomic E-state index is 13.0. The molecule has 0 unspecified atom stereocenters. The number of aromatic hydroxyl groups is 1. The van der Waals surface area contributed by atoms with Crippen molar-refractivity contribution in [1.29, 1.82) is 0 Å². The number of carbonyl (C=O) groups is 2. The lowest BCUT2D eigenvalue weighted by atomic mass is 10.1. The molecule has 1 heterocycles. The van der Waals surface area contributed by atoms with Crippen LogP contribution in [0.4, 0.5) is 0 Å². The van der Waals surface area contributed by atoms with Gasteiger partial charge in [-0.15, -0.1) is 0 Å². The zero-order valence-electron chi connectivity index (χ0n) is 19.0. The van der Waals surface area contributed by atoms with Crippen molar-refractivity contribution in [3.05, 3.63) is 93.6 Å². The van der Waals surface area contributed by atoms with E-state index in [1.165, 1.54) is 12.1 Å². The number of hydrogen-bond acceptors (Lipinski definition) is 6. The summed E-state index contributed by atoms with van der Waals surface area (Å²) in [6, 6.07) is 16.7. The average molecular weight is 492 g/mol. The highest BCUT2D eigenvalue weighted by molar-refractivity contribution is 6.31. The van der Waals surface area contributed by atoms with Gasteiger partial charge < -0.3 is 19.9 Å². The Labute approximate surface area is 206 Å². The molecule has 0 saturated heterocycles. The fourth-order valence-corrected chi connectivity index (χ4v) is 3.49. The van der Waals surface area contributed by atoms with Crippen molar-refractivity contribution in [3.8, 4) is 17.2 Å². The monoisotopic (exact) mass is 491 g/mol. The fraction of sp³-hybridized carbons (Fsp3) is 0.115. The van der Waals surface area contributed by atoms with Crippen molar-refractivity contribution >= 4 is 35.2 Å². The molecule has 4 rings (SSSR count). The van der Waals surface area contributed by atoms with Gasteiger partial charge in [-0.05, 0) is 67.4 Å². The molecule has 0 saturated carbocycles. The van der Waals surface area contributed by atoms with Crippen molar-refractivity contribution in [1.82, 2.24) is 10.7 Å². The van der Waals surface area contributed by atoms with Crippen LogP contribution in [0.5, 0.6) is 17.2 Å². The Hall–Kier alpha value is -4.30. The van der Waals surface area contributed by atoms with Crippen molar-refractivity contribution < 1.29 is 24.2 Å². The van der Waals surface area contributed by atoms with Crippen LogP contribution >= 0.6 is 11.6 Å². The molecule has 0 aliphatic carbocycles. The predicted octanol–water partition coefficient (Wildman–Crippen LogP) is 4.39. The van der Waals surface area contributed by atoms with E-state index < -0.39 is 11.8 Å². The van der Waals surface area contributed by atoms with Crippen LogP contribution in [-0.2, 0) is 4.79 Å². The molecule has 2 amide bonds. The third kappa shape index (κ3) is 5.62. The minimum Gasteiger partial charge on any atom is -0.507 e. The molecule has 0 atom stereocenters. The molecule has 0 aromatic heterocycles. The Morgan fingerprint density at radius 1 is 1.06 bits per heavy atom. The van der Waals surface area contributed by atoms with E-state index in [0.717, 1.165) is 0 Å². The average Bonchev–Trinajstić information content (AvgIpc) is 3.32. The predicted molar refractivity (Wildman–Crippen MR) is 133 cm³/mol. The Balaban J connectivity index is 1.61. The van der Waals surface area contributed by atoms with Gasteiger partial charge in [0.15, 0.2) is 11.5 Å². The van der Waals surface area contributed by atoms with Gasteiger partial charge in [0.2, 0.25) is 6.79 Å². The summed E-state index contributed by atoms with van der Waals surface area (Å²) in [7, 11) is 0. The molecule has 0 spiro atoms. The fourth-order valence-electron chi connectivity index (χ4n) is 3.32. The molecule has 1 aliphatic rings. The van der Waals surface area contributed by atoms with Gasteiger partial charge in [-0.1, -0.05) is 35.9 Å². The number of nitrogens with one attached hydrogen (secondary N) is 2. The second-order valence-electron chi connectivity index (χ2n) is 7.75. The molecule has 1 aliphatic heterocycles. The molecular formula is C26H22ClN3O5. The van der Waals surface area contributed by atoms with Gasteiger partial charge in [-0.25, -0.2) is 5.43 Å². The van der Waals surface area contributed by atoms with E-state index in [1.807, 2.05) is 0 Å². The summed E-state index contributed by atoms with van der Waals surface area (Å²) in [6.45, 7) is 3.50. The molecule has 35 heavy (non-hydrogen) atoms. The van der Waals surface area contributed by atoms with E-state index in [4.69, 9.17) is 21.1 Å². The van der Waals surface area contributed by atoms with Crippen LogP contribution in [-0.4, -0.2) is 29.4 Å². The van der Waals surface area contributed by atoms with Gasteiger partial charge in [0.25, 0.3) is 11.8 Å². The number of rotatable bonds is 6. The van der Waals surface area contributed by atoms with Crippen LogP contribution in [0, 0.1) is 6.92 Å². The van der Waals surface area contributed by atoms with Crippen molar-refractivity contribution in [2.45, 2.75) is 13.8 Å².